The third kappa shape index (κ3) is 3.34. The minimum atomic E-state index is -3.87. The van der Waals surface area contributed by atoms with Gasteiger partial charge in [-0.25, -0.2) is 4.52 Å². The number of pyridine rings is 1. The van der Waals surface area contributed by atoms with Gasteiger partial charge in [-0.05, 0) is 36.8 Å². The first-order valence-corrected chi connectivity index (χ1v) is 9.73. The molecule has 7 nitrogen and oxygen atoms in total. The molecular weight excluding hydrogens is 418 g/mol. The van der Waals surface area contributed by atoms with Crippen LogP contribution >= 0.6 is 15.9 Å². The Morgan fingerprint density at radius 2 is 2.12 bits per heavy atom. The fourth-order valence-electron chi connectivity index (χ4n) is 2.37. The molecule has 0 aliphatic rings. The average molecular weight is 432 g/mol. The van der Waals surface area contributed by atoms with E-state index in [2.05, 4.69) is 26.1 Å². The molecule has 3 aromatic rings. The molecule has 2 aromatic heterocycles. The fraction of sp³-hybridized carbons (Fsp3) is 0.118. The Hall–Kier alpha value is -2.70. The number of nitrogens with zero attached hydrogens (tertiary/aromatic N) is 5. The lowest BCUT2D eigenvalue weighted by Gasteiger charge is -2.15. The summed E-state index contributed by atoms with van der Waals surface area (Å²) in [4.78, 5) is 0.0545. The summed E-state index contributed by atoms with van der Waals surface area (Å²) >= 11 is 3.40. The monoisotopic (exact) mass is 431 g/mol. The van der Waals surface area contributed by atoms with Gasteiger partial charge in [-0.3, -0.25) is 0 Å². The van der Waals surface area contributed by atoms with E-state index < -0.39 is 10.0 Å². The number of hydrogen-bond acceptors (Lipinski definition) is 5. The molecule has 2 heterocycles. The molecule has 0 radical (unpaired) electrons. The SMILES string of the molecule is Cc1ccc(C#N)cc1S(=O)(=O)N(C)/N=C\c1cnn2ccc(Br)cc12. The Labute approximate surface area is 159 Å². The third-order valence-electron chi connectivity index (χ3n) is 3.82. The number of benzene rings is 1. The molecule has 9 heteroatoms. The summed E-state index contributed by atoms with van der Waals surface area (Å²) in [5.41, 5.74) is 2.29. The smallest absolute Gasteiger partial charge is 0.240 e. The predicted octanol–water partition coefficient (Wildman–Crippen LogP) is 2.93. The van der Waals surface area contributed by atoms with Crippen LogP contribution in [0.5, 0.6) is 0 Å². The third-order valence-corrected chi connectivity index (χ3v) is 6.09. The topological polar surface area (TPSA) is 90.8 Å². The second-order valence-electron chi connectivity index (χ2n) is 5.55. The lowest BCUT2D eigenvalue weighted by atomic mass is 10.2. The van der Waals surface area contributed by atoms with Crippen molar-refractivity contribution in [2.75, 3.05) is 7.05 Å². The molecule has 0 bridgehead atoms. The van der Waals surface area contributed by atoms with Gasteiger partial charge >= 0.3 is 0 Å². The number of sulfonamides is 1. The van der Waals surface area contributed by atoms with Crippen LogP contribution in [0, 0.1) is 18.3 Å². The molecule has 1 aromatic carbocycles. The molecule has 0 spiro atoms. The van der Waals surface area contributed by atoms with Crippen LogP contribution in [-0.2, 0) is 10.0 Å². The van der Waals surface area contributed by atoms with Gasteiger partial charge in [-0.1, -0.05) is 22.0 Å². The van der Waals surface area contributed by atoms with Crippen LogP contribution in [0.3, 0.4) is 0 Å². The van der Waals surface area contributed by atoms with Crippen LogP contribution in [0.15, 0.2) is 57.2 Å². The maximum absolute atomic E-state index is 12.8. The van der Waals surface area contributed by atoms with E-state index in [1.807, 2.05) is 18.2 Å². The second kappa shape index (κ2) is 6.90. The average Bonchev–Trinajstić information content (AvgIpc) is 3.02. The van der Waals surface area contributed by atoms with Crippen molar-refractivity contribution < 1.29 is 8.42 Å². The lowest BCUT2D eigenvalue weighted by molar-refractivity contribution is 0.490. The quantitative estimate of drug-likeness (QED) is 0.468. The van der Waals surface area contributed by atoms with Crippen LogP contribution in [0.1, 0.15) is 16.7 Å². The van der Waals surface area contributed by atoms with E-state index in [0.29, 0.717) is 11.1 Å². The summed E-state index contributed by atoms with van der Waals surface area (Å²) in [6.45, 7) is 1.67. The van der Waals surface area contributed by atoms with Crippen molar-refractivity contribution >= 4 is 37.7 Å². The molecule has 0 unspecified atom stereocenters. The van der Waals surface area contributed by atoms with Crippen LogP contribution in [0.2, 0.25) is 0 Å². The number of nitriles is 1. The van der Waals surface area contributed by atoms with E-state index in [9.17, 15) is 8.42 Å². The largest absolute Gasteiger partial charge is 0.279 e. The van der Waals surface area contributed by atoms with Crippen LogP contribution < -0.4 is 0 Å². The molecule has 132 valence electrons. The van der Waals surface area contributed by atoms with Crippen molar-refractivity contribution in [3.05, 3.63) is 63.9 Å². The van der Waals surface area contributed by atoms with Crippen molar-refractivity contribution in [1.82, 2.24) is 14.0 Å². The highest BCUT2D eigenvalue weighted by Crippen LogP contribution is 2.21. The molecule has 0 aliphatic carbocycles. The van der Waals surface area contributed by atoms with Gasteiger partial charge < -0.3 is 0 Å². The van der Waals surface area contributed by atoms with Crippen molar-refractivity contribution in [2.45, 2.75) is 11.8 Å². The summed E-state index contributed by atoms with van der Waals surface area (Å²) in [5.74, 6) is 0. The summed E-state index contributed by atoms with van der Waals surface area (Å²) in [6, 6.07) is 10.2. The van der Waals surface area contributed by atoms with E-state index in [0.717, 1.165) is 14.4 Å². The number of aryl methyl sites for hydroxylation is 1. The van der Waals surface area contributed by atoms with Gasteiger partial charge in [-0.2, -0.15) is 28.3 Å². The first kappa shape index (κ1) is 18.1. The zero-order chi connectivity index (χ0) is 18.9. The molecule has 0 saturated carbocycles. The first-order valence-electron chi connectivity index (χ1n) is 7.49. The van der Waals surface area contributed by atoms with Crippen molar-refractivity contribution in [2.24, 2.45) is 5.10 Å². The maximum atomic E-state index is 12.8. The molecular formula is C17H14BrN5O2S. The van der Waals surface area contributed by atoms with Crippen LogP contribution in [0.25, 0.3) is 5.52 Å². The Balaban J connectivity index is 1.96. The van der Waals surface area contributed by atoms with E-state index in [4.69, 9.17) is 5.26 Å². The summed E-state index contributed by atoms with van der Waals surface area (Å²) < 4.78 is 29.0. The zero-order valence-corrected chi connectivity index (χ0v) is 16.4. The molecule has 0 N–H and O–H groups in total. The first-order chi connectivity index (χ1) is 12.3. The summed E-state index contributed by atoms with van der Waals surface area (Å²) in [5, 5.41) is 17.3. The Morgan fingerprint density at radius 1 is 1.35 bits per heavy atom. The normalized spacial score (nSPS) is 11.8. The Morgan fingerprint density at radius 3 is 2.85 bits per heavy atom. The van der Waals surface area contributed by atoms with Gasteiger partial charge in [0.25, 0.3) is 10.0 Å². The molecule has 0 aliphatic heterocycles. The van der Waals surface area contributed by atoms with E-state index >= 15 is 0 Å². The van der Waals surface area contributed by atoms with Gasteiger partial charge in [0.05, 0.1) is 34.5 Å². The van der Waals surface area contributed by atoms with E-state index in [-0.39, 0.29) is 10.5 Å². The number of hydrogen-bond donors (Lipinski definition) is 0. The highest BCUT2D eigenvalue weighted by atomic mass is 79.9. The number of aromatic nitrogens is 2. The summed E-state index contributed by atoms with van der Waals surface area (Å²) in [6.07, 6.45) is 4.83. The zero-order valence-electron chi connectivity index (χ0n) is 14.0. The summed E-state index contributed by atoms with van der Waals surface area (Å²) in [7, 11) is -2.52. The van der Waals surface area contributed by atoms with E-state index in [1.54, 1.807) is 36.0 Å². The van der Waals surface area contributed by atoms with Gasteiger partial charge in [-0.15, -0.1) is 0 Å². The maximum Gasteiger partial charge on any atom is 0.279 e. The minimum absolute atomic E-state index is 0.0545. The van der Waals surface area contributed by atoms with Crippen LogP contribution in [-0.4, -0.2) is 35.7 Å². The standard InChI is InChI=1S/C17H14BrN5O2S/c1-12-3-4-13(9-19)7-17(12)26(24,25)22(2)20-10-14-11-21-23-6-5-15(18)8-16(14)23/h3-8,10-11H,1-2H3/b20-10-. The molecule has 0 saturated heterocycles. The Bertz CT molecular complexity index is 1160. The van der Waals surface area contributed by atoms with Gasteiger partial charge in [0.15, 0.2) is 0 Å². The van der Waals surface area contributed by atoms with Gasteiger partial charge in [0.2, 0.25) is 0 Å². The lowest BCUT2D eigenvalue weighted by Crippen LogP contribution is -2.22. The highest BCUT2D eigenvalue weighted by Gasteiger charge is 2.22. The molecule has 0 fully saturated rings. The predicted molar refractivity (Wildman–Crippen MR) is 101 cm³/mol. The van der Waals surface area contributed by atoms with Crippen LogP contribution in [0.4, 0.5) is 0 Å². The number of halogens is 1. The minimum Gasteiger partial charge on any atom is -0.240 e. The molecule has 26 heavy (non-hydrogen) atoms. The number of hydrazone groups is 1. The van der Waals surface area contributed by atoms with Gasteiger partial charge in [0.1, 0.15) is 0 Å². The van der Waals surface area contributed by atoms with Crippen molar-refractivity contribution in [3.63, 3.8) is 0 Å². The van der Waals surface area contributed by atoms with Crippen molar-refractivity contribution in [1.29, 1.82) is 5.26 Å². The van der Waals surface area contributed by atoms with E-state index in [1.165, 1.54) is 19.3 Å². The van der Waals surface area contributed by atoms with Gasteiger partial charge in [0, 0.05) is 23.3 Å². The second-order valence-corrected chi connectivity index (χ2v) is 8.38. The van der Waals surface area contributed by atoms with Crippen molar-refractivity contribution in [3.8, 4) is 6.07 Å². The highest BCUT2D eigenvalue weighted by molar-refractivity contribution is 9.10. The number of rotatable bonds is 4. The Kier molecular flexibility index (Phi) is 4.80. The molecule has 3 rings (SSSR count). The number of fused-ring (bicyclic) bond motifs is 1. The molecule has 0 atom stereocenters. The molecule has 0 amide bonds. The fourth-order valence-corrected chi connectivity index (χ4v) is 3.91.